The quantitative estimate of drug-likeness (QED) is 0.776. The van der Waals surface area contributed by atoms with Gasteiger partial charge in [0.15, 0.2) is 0 Å². The molecule has 0 bridgehead atoms. The van der Waals surface area contributed by atoms with Crippen molar-refractivity contribution in [1.29, 1.82) is 0 Å². The number of rotatable bonds is 6. The van der Waals surface area contributed by atoms with E-state index in [1.807, 2.05) is 6.92 Å². The average molecular weight is 297 g/mol. The third-order valence-corrected chi connectivity index (χ3v) is 5.29. The first-order valence-corrected chi connectivity index (χ1v) is 8.20. The maximum Gasteiger partial charge on any atom is 0.323 e. The van der Waals surface area contributed by atoms with E-state index in [9.17, 15) is 9.90 Å². The summed E-state index contributed by atoms with van der Waals surface area (Å²) in [6.45, 7) is 10.5. The highest BCUT2D eigenvalue weighted by Gasteiger charge is 2.41. The summed E-state index contributed by atoms with van der Waals surface area (Å²) in [6.07, 6.45) is 2.88. The first-order valence-electron chi connectivity index (χ1n) is 8.20. The summed E-state index contributed by atoms with van der Waals surface area (Å²) in [4.78, 5) is 16.5. The van der Waals surface area contributed by atoms with Crippen molar-refractivity contribution in [2.75, 3.05) is 20.1 Å². The van der Waals surface area contributed by atoms with Crippen molar-refractivity contribution in [1.82, 2.24) is 15.1 Å². The molecule has 2 rings (SSSR count). The molecule has 5 heteroatoms. The fourth-order valence-electron chi connectivity index (χ4n) is 3.41. The fraction of sp³-hybridized carbons (Fsp3) is 0.938. The summed E-state index contributed by atoms with van der Waals surface area (Å²) in [7, 11) is 2.17. The smallest absolute Gasteiger partial charge is 0.323 e. The van der Waals surface area contributed by atoms with Crippen LogP contribution in [0.4, 0.5) is 0 Å². The van der Waals surface area contributed by atoms with Gasteiger partial charge >= 0.3 is 5.97 Å². The molecule has 2 aliphatic rings. The van der Waals surface area contributed by atoms with Crippen LogP contribution in [-0.2, 0) is 4.79 Å². The van der Waals surface area contributed by atoms with Gasteiger partial charge in [-0.1, -0.05) is 0 Å². The molecular formula is C16H31N3O2. The molecule has 1 saturated heterocycles. The molecule has 1 heterocycles. The molecule has 2 N–H and O–H groups in total. The van der Waals surface area contributed by atoms with Gasteiger partial charge in [0.05, 0.1) is 0 Å². The highest BCUT2D eigenvalue weighted by molar-refractivity contribution is 5.78. The Kier molecular flexibility index (Phi) is 4.96. The second-order valence-electron chi connectivity index (χ2n) is 7.43. The first kappa shape index (κ1) is 16.7. The number of piperazine rings is 1. The highest BCUT2D eigenvalue weighted by atomic mass is 16.4. The monoisotopic (exact) mass is 297 g/mol. The molecule has 0 amide bonds. The molecule has 0 aromatic heterocycles. The van der Waals surface area contributed by atoms with Crippen LogP contribution in [0, 0.1) is 0 Å². The molecule has 0 spiro atoms. The third kappa shape index (κ3) is 3.96. The lowest BCUT2D eigenvalue weighted by atomic mass is 9.91. The minimum absolute atomic E-state index is 0.274. The van der Waals surface area contributed by atoms with Gasteiger partial charge in [-0.15, -0.1) is 0 Å². The molecule has 1 aliphatic carbocycles. The van der Waals surface area contributed by atoms with Crippen LogP contribution in [0.1, 0.15) is 47.0 Å². The summed E-state index contributed by atoms with van der Waals surface area (Å²) < 4.78 is 0. The lowest BCUT2D eigenvalue weighted by Crippen LogP contribution is -2.60. The predicted molar refractivity (Wildman–Crippen MR) is 84.5 cm³/mol. The van der Waals surface area contributed by atoms with Gasteiger partial charge in [0.25, 0.3) is 0 Å². The zero-order chi connectivity index (χ0) is 15.8. The van der Waals surface area contributed by atoms with E-state index < -0.39 is 11.5 Å². The summed E-state index contributed by atoms with van der Waals surface area (Å²) in [5.41, 5.74) is -0.809. The van der Waals surface area contributed by atoms with Gasteiger partial charge < -0.3 is 5.11 Å². The molecule has 4 atom stereocenters. The van der Waals surface area contributed by atoms with Crippen LogP contribution in [0.25, 0.3) is 0 Å². The van der Waals surface area contributed by atoms with E-state index in [4.69, 9.17) is 0 Å². The topological polar surface area (TPSA) is 55.8 Å². The standard InChI is InChI=1S/C16H31N3O2/c1-11(19-9-12(2)18(5)13(3)10-19)8-16(4,15(20)21)17-14-6-7-14/h11-14,17H,6-10H2,1-5H3,(H,20,21). The third-order valence-electron chi connectivity index (χ3n) is 5.29. The molecule has 4 unspecified atom stereocenters. The second-order valence-corrected chi connectivity index (χ2v) is 7.43. The van der Waals surface area contributed by atoms with Crippen molar-refractivity contribution in [3.63, 3.8) is 0 Å². The van der Waals surface area contributed by atoms with Crippen LogP contribution in [0.2, 0.25) is 0 Å². The van der Waals surface area contributed by atoms with Crippen molar-refractivity contribution < 1.29 is 9.90 Å². The van der Waals surface area contributed by atoms with E-state index in [0.717, 1.165) is 25.9 Å². The van der Waals surface area contributed by atoms with Gasteiger partial charge in [-0.05, 0) is 54.0 Å². The fourth-order valence-corrected chi connectivity index (χ4v) is 3.41. The number of likely N-dealkylation sites (N-methyl/N-ethyl adjacent to an activating group) is 1. The summed E-state index contributed by atoms with van der Waals surface area (Å²) >= 11 is 0. The van der Waals surface area contributed by atoms with Crippen LogP contribution in [0.15, 0.2) is 0 Å². The Hall–Kier alpha value is -0.650. The maximum absolute atomic E-state index is 11.7. The number of aliphatic carboxylic acids is 1. The van der Waals surface area contributed by atoms with Gasteiger partial charge in [0, 0.05) is 37.3 Å². The van der Waals surface area contributed by atoms with Crippen LogP contribution in [-0.4, -0.2) is 70.7 Å². The lowest BCUT2D eigenvalue weighted by molar-refractivity contribution is -0.145. The summed E-state index contributed by atoms with van der Waals surface area (Å²) in [5, 5.41) is 12.9. The molecular weight excluding hydrogens is 266 g/mol. The van der Waals surface area contributed by atoms with E-state index in [2.05, 4.69) is 42.9 Å². The molecule has 21 heavy (non-hydrogen) atoms. The minimum Gasteiger partial charge on any atom is -0.480 e. The Morgan fingerprint density at radius 2 is 1.86 bits per heavy atom. The molecule has 2 fully saturated rings. The number of hydrogen-bond donors (Lipinski definition) is 2. The first-order chi connectivity index (χ1) is 9.73. The van der Waals surface area contributed by atoms with E-state index in [1.54, 1.807) is 0 Å². The largest absolute Gasteiger partial charge is 0.480 e. The van der Waals surface area contributed by atoms with Gasteiger partial charge in [-0.25, -0.2) is 0 Å². The lowest BCUT2D eigenvalue weighted by Gasteiger charge is -2.46. The van der Waals surface area contributed by atoms with Crippen molar-refractivity contribution >= 4 is 5.97 Å². The Labute approximate surface area is 128 Å². The van der Waals surface area contributed by atoms with Gasteiger partial charge in [-0.2, -0.15) is 0 Å². The number of carboxylic acid groups (broad SMARTS) is 1. The average Bonchev–Trinajstić information content (AvgIpc) is 3.18. The van der Waals surface area contributed by atoms with Crippen molar-refractivity contribution in [2.45, 2.75) is 76.7 Å². The SMILES string of the molecule is CC(CC(C)(NC1CC1)C(=O)O)N1CC(C)N(C)C(C)C1. The predicted octanol–water partition coefficient (Wildman–Crippen LogP) is 1.38. The number of hydrogen-bond acceptors (Lipinski definition) is 4. The zero-order valence-electron chi connectivity index (χ0n) is 14.1. The molecule has 122 valence electrons. The van der Waals surface area contributed by atoms with Crippen LogP contribution < -0.4 is 5.32 Å². The van der Waals surface area contributed by atoms with E-state index in [1.165, 1.54) is 0 Å². The van der Waals surface area contributed by atoms with Crippen LogP contribution in [0.5, 0.6) is 0 Å². The van der Waals surface area contributed by atoms with Gasteiger partial charge in [0.2, 0.25) is 0 Å². The minimum atomic E-state index is -0.809. The summed E-state index contributed by atoms with van der Waals surface area (Å²) in [6, 6.07) is 1.71. The zero-order valence-corrected chi connectivity index (χ0v) is 14.1. The van der Waals surface area contributed by atoms with Crippen molar-refractivity contribution in [3.8, 4) is 0 Å². The van der Waals surface area contributed by atoms with E-state index >= 15 is 0 Å². The van der Waals surface area contributed by atoms with E-state index in [0.29, 0.717) is 24.5 Å². The van der Waals surface area contributed by atoms with Gasteiger partial charge in [-0.3, -0.25) is 19.9 Å². The Morgan fingerprint density at radius 1 is 1.33 bits per heavy atom. The van der Waals surface area contributed by atoms with Crippen LogP contribution in [0.3, 0.4) is 0 Å². The highest BCUT2D eigenvalue weighted by Crippen LogP contribution is 2.27. The molecule has 1 saturated carbocycles. The number of carboxylic acids is 1. The second kappa shape index (κ2) is 6.23. The number of carbonyl (C=O) groups is 1. The maximum atomic E-state index is 11.7. The Balaban J connectivity index is 1.98. The molecule has 0 aromatic carbocycles. The molecule has 1 aliphatic heterocycles. The van der Waals surface area contributed by atoms with Crippen molar-refractivity contribution in [2.24, 2.45) is 0 Å². The van der Waals surface area contributed by atoms with Gasteiger partial charge in [0.1, 0.15) is 5.54 Å². The number of nitrogens with one attached hydrogen (secondary N) is 1. The van der Waals surface area contributed by atoms with Crippen molar-refractivity contribution in [3.05, 3.63) is 0 Å². The molecule has 0 radical (unpaired) electrons. The molecule has 5 nitrogen and oxygen atoms in total. The summed E-state index contributed by atoms with van der Waals surface area (Å²) in [5.74, 6) is -0.725. The molecule has 0 aromatic rings. The van der Waals surface area contributed by atoms with Crippen LogP contribution >= 0.6 is 0 Å². The Morgan fingerprint density at radius 3 is 2.29 bits per heavy atom. The normalized spacial score (nSPS) is 32.6. The number of nitrogens with zero attached hydrogens (tertiary/aromatic N) is 2. The Bertz CT molecular complexity index is 374. The van der Waals surface area contributed by atoms with E-state index in [-0.39, 0.29) is 6.04 Å².